The zero-order chi connectivity index (χ0) is 14.5. The standard InChI is InChI=1S/C15H23BrN2OS/c1-3-13-15(16)14(18(2)17-13)9-11(19)10-20-12-7-5-4-6-8-12/h12H,3-10H2,1-2H3. The van der Waals surface area contributed by atoms with Gasteiger partial charge < -0.3 is 0 Å². The van der Waals surface area contributed by atoms with Crippen LogP contribution in [0.25, 0.3) is 0 Å². The molecule has 1 aliphatic rings. The Morgan fingerprint density at radius 2 is 2.10 bits per heavy atom. The summed E-state index contributed by atoms with van der Waals surface area (Å²) in [6.07, 6.45) is 7.98. The number of nitrogens with zero attached hydrogens (tertiary/aromatic N) is 2. The van der Waals surface area contributed by atoms with Crippen molar-refractivity contribution >= 4 is 33.5 Å². The number of carbonyl (C=O) groups excluding carboxylic acids is 1. The average molecular weight is 359 g/mol. The molecule has 20 heavy (non-hydrogen) atoms. The van der Waals surface area contributed by atoms with E-state index in [1.807, 2.05) is 23.5 Å². The first-order valence-electron chi connectivity index (χ1n) is 7.45. The van der Waals surface area contributed by atoms with Crippen LogP contribution in [0.5, 0.6) is 0 Å². The first-order chi connectivity index (χ1) is 9.61. The molecule has 0 saturated heterocycles. The molecule has 3 nitrogen and oxygen atoms in total. The normalized spacial score (nSPS) is 16.6. The molecule has 112 valence electrons. The SMILES string of the molecule is CCc1nn(C)c(CC(=O)CSC2CCCCC2)c1Br. The van der Waals surface area contributed by atoms with Crippen LogP contribution in [0.2, 0.25) is 0 Å². The zero-order valence-electron chi connectivity index (χ0n) is 12.3. The Kier molecular flexibility index (Phi) is 6.15. The molecule has 1 aromatic rings. The zero-order valence-corrected chi connectivity index (χ0v) is 14.7. The van der Waals surface area contributed by atoms with Gasteiger partial charge in [-0.2, -0.15) is 16.9 Å². The highest BCUT2D eigenvalue weighted by Gasteiger charge is 2.18. The molecule has 0 N–H and O–H groups in total. The molecule has 1 aliphatic carbocycles. The topological polar surface area (TPSA) is 34.9 Å². The number of Topliss-reactive ketones (excluding diaryl/α,β-unsaturated/α-hetero) is 1. The quantitative estimate of drug-likeness (QED) is 0.772. The lowest BCUT2D eigenvalue weighted by molar-refractivity contribution is -0.116. The van der Waals surface area contributed by atoms with Crippen molar-refractivity contribution in [3.05, 3.63) is 15.9 Å². The lowest BCUT2D eigenvalue weighted by atomic mass is 10.0. The first-order valence-corrected chi connectivity index (χ1v) is 9.29. The molecule has 1 saturated carbocycles. The second kappa shape index (κ2) is 7.64. The van der Waals surface area contributed by atoms with E-state index >= 15 is 0 Å². The van der Waals surface area contributed by atoms with Gasteiger partial charge in [0, 0.05) is 12.3 Å². The van der Waals surface area contributed by atoms with Crippen molar-refractivity contribution in [2.45, 2.75) is 57.1 Å². The second-order valence-electron chi connectivity index (χ2n) is 5.47. The third kappa shape index (κ3) is 4.10. The molecule has 1 aromatic heterocycles. The molecule has 0 unspecified atom stereocenters. The van der Waals surface area contributed by atoms with Crippen molar-refractivity contribution in [2.75, 3.05) is 5.75 Å². The summed E-state index contributed by atoms with van der Waals surface area (Å²) in [4.78, 5) is 12.2. The fraction of sp³-hybridized carbons (Fsp3) is 0.733. The third-order valence-corrected chi connectivity index (χ3v) is 6.25. The summed E-state index contributed by atoms with van der Waals surface area (Å²) in [5.74, 6) is 0.955. The second-order valence-corrected chi connectivity index (χ2v) is 7.55. The van der Waals surface area contributed by atoms with Crippen molar-refractivity contribution in [3.8, 4) is 0 Å². The Morgan fingerprint density at radius 1 is 1.40 bits per heavy atom. The first kappa shape index (κ1) is 16.1. The van der Waals surface area contributed by atoms with Gasteiger partial charge in [0.1, 0.15) is 5.78 Å². The maximum Gasteiger partial charge on any atom is 0.148 e. The van der Waals surface area contributed by atoms with Crippen LogP contribution in [0.3, 0.4) is 0 Å². The van der Waals surface area contributed by atoms with Crippen LogP contribution in [0.15, 0.2) is 4.47 Å². The molecule has 2 rings (SSSR count). The highest BCUT2D eigenvalue weighted by atomic mass is 79.9. The molecule has 0 aromatic carbocycles. The van der Waals surface area contributed by atoms with Gasteiger partial charge in [0.05, 0.1) is 28.0 Å². The van der Waals surface area contributed by atoms with Gasteiger partial charge in [0.2, 0.25) is 0 Å². The summed E-state index contributed by atoms with van der Waals surface area (Å²) in [5, 5.41) is 5.15. The molecule has 1 fully saturated rings. The van der Waals surface area contributed by atoms with Gasteiger partial charge in [-0.05, 0) is 35.2 Å². The lowest BCUT2D eigenvalue weighted by Gasteiger charge is -2.20. The Labute approximate surface area is 134 Å². The summed E-state index contributed by atoms with van der Waals surface area (Å²) in [6, 6.07) is 0. The largest absolute Gasteiger partial charge is 0.298 e. The number of halogens is 1. The van der Waals surface area contributed by atoms with Crippen LogP contribution in [-0.4, -0.2) is 26.6 Å². The predicted molar refractivity (Wildman–Crippen MR) is 88.3 cm³/mol. The fourth-order valence-electron chi connectivity index (χ4n) is 2.69. The Balaban J connectivity index is 1.86. The van der Waals surface area contributed by atoms with Crippen molar-refractivity contribution in [1.82, 2.24) is 9.78 Å². The highest BCUT2D eigenvalue weighted by molar-refractivity contribution is 9.10. The van der Waals surface area contributed by atoms with Gasteiger partial charge in [-0.25, -0.2) is 0 Å². The summed E-state index contributed by atoms with van der Waals surface area (Å²) in [6.45, 7) is 2.08. The number of hydrogen-bond donors (Lipinski definition) is 0. The molecule has 0 amide bonds. The smallest absolute Gasteiger partial charge is 0.148 e. The number of thioether (sulfide) groups is 1. The Bertz CT molecular complexity index is 467. The van der Waals surface area contributed by atoms with Crippen LogP contribution < -0.4 is 0 Å². The number of carbonyl (C=O) groups is 1. The van der Waals surface area contributed by atoms with Crippen LogP contribution in [-0.2, 0) is 24.7 Å². The molecule has 5 heteroatoms. The molecule has 0 spiro atoms. The molecular formula is C15H23BrN2OS. The summed E-state index contributed by atoms with van der Waals surface area (Å²) < 4.78 is 2.85. The van der Waals surface area contributed by atoms with Gasteiger partial charge >= 0.3 is 0 Å². The van der Waals surface area contributed by atoms with Gasteiger partial charge in [0.15, 0.2) is 0 Å². The maximum absolute atomic E-state index is 12.2. The number of ketones is 1. The average Bonchev–Trinajstić information content (AvgIpc) is 2.73. The van der Waals surface area contributed by atoms with E-state index in [0.717, 1.165) is 22.3 Å². The minimum Gasteiger partial charge on any atom is -0.298 e. The predicted octanol–water partition coefficient (Wildman–Crippen LogP) is 3.92. The monoisotopic (exact) mass is 358 g/mol. The molecule has 0 aliphatic heterocycles. The molecule has 1 heterocycles. The highest BCUT2D eigenvalue weighted by Crippen LogP contribution is 2.29. The Morgan fingerprint density at radius 3 is 2.70 bits per heavy atom. The summed E-state index contributed by atoms with van der Waals surface area (Å²) in [7, 11) is 1.92. The molecule has 0 bridgehead atoms. The van der Waals surface area contributed by atoms with Crippen LogP contribution in [0.4, 0.5) is 0 Å². The van der Waals surface area contributed by atoms with Crippen LogP contribution >= 0.6 is 27.7 Å². The van der Waals surface area contributed by atoms with E-state index in [4.69, 9.17) is 0 Å². The minimum absolute atomic E-state index is 0.312. The van der Waals surface area contributed by atoms with Crippen LogP contribution in [0, 0.1) is 0 Å². The molecule has 0 radical (unpaired) electrons. The van der Waals surface area contributed by atoms with Crippen molar-refractivity contribution in [1.29, 1.82) is 0 Å². The summed E-state index contributed by atoms with van der Waals surface area (Å²) >= 11 is 5.43. The molecule has 0 atom stereocenters. The lowest BCUT2D eigenvalue weighted by Crippen LogP contribution is -2.14. The van der Waals surface area contributed by atoms with Gasteiger partial charge in [-0.3, -0.25) is 9.48 Å². The minimum atomic E-state index is 0.312. The van der Waals surface area contributed by atoms with E-state index in [0.29, 0.717) is 23.2 Å². The number of aryl methyl sites for hydroxylation is 2. The number of rotatable bonds is 6. The number of hydrogen-bond acceptors (Lipinski definition) is 3. The van der Waals surface area contributed by atoms with E-state index < -0.39 is 0 Å². The molecular weight excluding hydrogens is 336 g/mol. The van der Waals surface area contributed by atoms with Crippen molar-refractivity contribution < 1.29 is 4.79 Å². The third-order valence-electron chi connectivity index (χ3n) is 3.90. The van der Waals surface area contributed by atoms with Crippen molar-refractivity contribution in [3.63, 3.8) is 0 Å². The van der Waals surface area contributed by atoms with E-state index in [9.17, 15) is 4.79 Å². The fourth-order valence-corrected chi connectivity index (χ4v) is 4.64. The Hall–Kier alpha value is -0.290. The van der Waals surface area contributed by atoms with Gasteiger partial charge in [0.25, 0.3) is 0 Å². The van der Waals surface area contributed by atoms with Gasteiger partial charge in [-0.1, -0.05) is 26.2 Å². The van der Waals surface area contributed by atoms with E-state index in [-0.39, 0.29) is 0 Å². The van der Waals surface area contributed by atoms with E-state index in [1.54, 1.807) is 0 Å². The van der Waals surface area contributed by atoms with Gasteiger partial charge in [-0.15, -0.1) is 0 Å². The number of aromatic nitrogens is 2. The van der Waals surface area contributed by atoms with E-state index in [2.05, 4.69) is 28.0 Å². The van der Waals surface area contributed by atoms with E-state index in [1.165, 1.54) is 32.1 Å². The maximum atomic E-state index is 12.2. The summed E-state index contributed by atoms with van der Waals surface area (Å²) in [5.41, 5.74) is 2.05. The van der Waals surface area contributed by atoms with Crippen LogP contribution in [0.1, 0.15) is 50.4 Å². The van der Waals surface area contributed by atoms with Crippen molar-refractivity contribution in [2.24, 2.45) is 7.05 Å².